The van der Waals surface area contributed by atoms with Crippen LogP contribution in [-0.4, -0.2) is 35.9 Å². The molecule has 2 aromatic rings. The number of likely N-dealkylation sites (N-methyl/N-ethyl adjacent to an activating group) is 1. The van der Waals surface area contributed by atoms with Crippen molar-refractivity contribution in [2.24, 2.45) is 0 Å². The average Bonchev–Trinajstić information content (AvgIpc) is 2.70. The Labute approximate surface area is 178 Å². The van der Waals surface area contributed by atoms with Gasteiger partial charge in [0.1, 0.15) is 11.8 Å². The summed E-state index contributed by atoms with van der Waals surface area (Å²) >= 11 is 6.07. The highest BCUT2D eigenvalue weighted by Crippen LogP contribution is 2.19. The van der Waals surface area contributed by atoms with Crippen LogP contribution in [0.25, 0.3) is 0 Å². The summed E-state index contributed by atoms with van der Waals surface area (Å²) in [5.41, 5.74) is 2.06. The van der Waals surface area contributed by atoms with Crippen molar-refractivity contribution in [1.29, 1.82) is 0 Å². The SMILES string of the molecule is CCNC(=O)C(C)N(Cc1cccc(Cl)c1)C(=O)COc1ccc(C(C)C)cc1. The molecule has 0 radical (unpaired) electrons. The quantitative estimate of drug-likeness (QED) is 0.659. The fourth-order valence-electron chi connectivity index (χ4n) is 2.91. The molecule has 156 valence electrons. The van der Waals surface area contributed by atoms with E-state index in [-0.39, 0.29) is 25.0 Å². The predicted molar refractivity (Wildman–Crippen MR) is 116 cm³/mol. The topological polar surface area (TPSA) is 58.6 Å². The maximum absolute atomic E-state index is 12.9. The van der Waals surface area contributed by atoms with Crippen LogP contribution in [-0.2, 0) is 16.1 Å². The summed E-state index contributed by atoms with van der Waals surface area (Å²) in [5.74, 6) is 0.578. The Hall–Kier alpha value is -2.53. The lowest BCUT2D eigenvalue weighted by molar-refractivity contribution is -0.142. The second-order valence-electron chi connectivity index (χ2n) is 7.23. The summed E-state index contributed by atoms with van der Waals surface area (Å²) in [5, 5.41) is 3.35. The highest BCUT2D eigenvalue weighted by molar-refractivity contribution is 6.30. The number of rotatable bonds is 9. The van der Waals surface area contributed by atoms with Gasteiger partial charge in [-0.3, -0.25) is 9.59 Å². The van der Waals surface area contributed by atoms with E-state index < -0.39 is 6.04 Å². The van der Waals surface area contributed by atoms with Gasteiger partial charge in [-0.05, 0) is 55.2 Å². The van der Waals surface area contributed by atoms with E-state index in [2.05, 4.69) is 19.2 Å². The Morgan fingerprint density at radius 1 is 1.10 bits per heavy atom. The van der Waals surface area contributed by atoms with Crippen molar-refractivity contribution in [3.05, 3.63) is 64.7 Å². The molecule has 0 bridgehead atoms. The van der Waals surface area contributed by atoms with Crippen LogP contribution in [0.2, 0.25) is 5.02 Å². The molecule has 5 nitrogen and oxygen atoms in total. The van der Waals surface area contributed by atoms with Crippen molar-refractivity contribution in [1.82, 2.24) is 10.2 Å². The zero-order valence-corrected chi connectivity index (χ0v) is 18.2. The highest BCUT2D eigenvalue weighted by atomic mass is 35.5. The molecule has 2 amide bonds. The Morgan fingerprint density at radius 2 is 1.79 bits per heavy atom. The van der Waals surface area contributed by atoms with Gasteiger partial charge in [-0.25, -0.2) is 0 Å². The summed E-state index contributed by atoms with van der Waals surface area (Å²) in [6.07, 6.45) is 0. The molecule has 0 spiro atoms. The highest BCUT2D eigenvalue weighted by Gasteiger charge is 2.26. The third-order valence-corrected chi connectivity index (χ3v) is 4.90. The zero-order chi connectivity index (χ0) is 21.4. The van der Waals surface area contributed by atoms with Gasteiger partial charge in [-0.1, -0.05) is 49.7 Å². The lowest BCUT2D eigenvalue weighted by Crippen LogP contribution is -2.49. The molecule has 29 heavy (non-hydrogen) atoms. The predicted octanol–water partition coefficient (Wildman–Crippen LogP) is 4.40. The van der Waals surface area contributed by atoms with Crippen molar-refractivity contribution in [2.45, 2.75) is 46.2 Å². The van der Waals surface area contributed by atoms with Crippen LogP contribution in [0.4, 0.5) is 0 Å². The van der Waals surface area contributed by atoms with Crippen molar-refractivity contribution in [2.75, 3.05) is 13.2 Å². The van der Waals surface area contributed by atoms with E-state index in [1.165, 1.54) is 10.5 Å². The average molecular weight is 417 g/mol. The number of nitrogens with zero attached hydrogens (tertiary/aromatic N) is 1. The van der Waals surface area contributed by atoms with Crippen LogP contribution in [0.3, 0.4) is 0 Å². The van der Waals surface area contributed by atoms with Gasteiger partial charge in [0.2, 0.25) is 5.91 Å². The van der Waals surface area contributed by atoms with Crippen LogP contribution < -0.4 is 10.1 Å². The van der Waals surface area contributed by atoms with Crippen molar-refractivity contribution < 1.29 is 14.3 Å². The molecule has 0 aliphatic rings. The Bertz CT molecular complexity index is 821. The lowest BCUT2D eigenvalue weighted by atomic mass is 10.0. The number of hydrogen-bond donors (Lipinski definition) is 1. The van der Waals surface area contributed by atoms with E-state index in [0.29, 0.717) is 23.2 Å². The van der Waals surface area contributed by atoms with Crippen LogP contribution in [0.1, 0.15) is 44.7 Å². The number of benzene rings is 2. The molecule has 2 rings (SSSR count). The van der Waals surface area contributed by atoms with Gasteiger partial charge in [0.05, 0.1) is 0 Å². The molecule has 2 aromatic carbocycles. The zero-order valence-electron chi connectivity index (χ0n) is 17.4. The smallest absolute Gasteiger partial charge is 0.261 e. The van der Waals surface area contributed by atoms with Gasteiger partial charge in [0, 0.05) is 18.1 Å². The Balaban J connectivity index is 2.11. The third kappa shape index (κ3) is 6.79. The monoisotopic (exact) mass is 416 g/mol. The summed E-state index contributed by atoms with van der Waals surface area (Å²) < 4.78 is 5.69. The van der Waals surface area contributed by atoms with Crippen molar-refractivity contribution in [3.63, 3.8) is 0 Å². The molecule has 0 aromatic heterocycles. The van der Waals surface area contributed by atoms with E-state index >= 15 is 0 Å². The van der Waals surface area contributed by atoms with E-state index in [1.54, 1.807) is 19.1 Å². The van der Waals surface area contributed by atoms with Gasteiger partial charge in [-0.2, -0.15) is 0 Å². The van der Waals surface area contributed by atoms with Gasteiger partial charge < -0.3 is 15.0 Å². The van der Waals surface area contributed by atoms with Crippen LogP contribution in [0.5, 0.6) is 5.75 Å². The summed E-state index contributed by atoms with van der Waals surface area (Å²) in [6.45, 7) is 8.42. The molecular weight excluding hydrogens is 388 g/mol. The van der Waals surface area contributed by atoms with E-state index in [9.17, 15) is 9.59 Å². The van der Waals surface area contributed by atoms with Crippen LogP contribution in [0.15, 0.2) is 48.5 Å². The first-order chi connectivity index (χ1) is 13.8. The number of nitrogens with one attached hydrogen (secondary N) is 1. The number of hydrogen-bond acceptors (Lipinski definition) is 3. The minimum atomic E-state index is -0.631. The number of halogens is 1. The second-order valence-corrected chi connectivity index (χ2v) is 7.67. The van der Waals surface area contributed by atoms with Gasteiger partial charge in [-0.15, -0.1) is 0 Å². The van der Waals surface area contributed by atoms with E-state index in [0.717, 1.165) is 5.56 Å². The standard InChI is InChI=1S/C23H29ClN2O3/c1-5-25-23(28)17(4)26(14-18-7-6-8-20(24)13-18)22(27)15-29-21-11-9-19(10-12-21)16(2)3/h6-13,16-17H,5,14-15H2,1-4H3,(H,25,28). The Morgan fingerprint density at radius 3 is 2.38 bits per heavy atom. The second kappa shape index (κ2) is 10.9. The number of amides is 2. The van der Waals surface area contributed by atoms with Crippen molar-refractivity contribution in [3.8, 4) is 5.75 Å². The van der Waals surface area contributed by atoms with Gasteiger partial charge in [0.15, 0.2) is 6.61 Å². The molecule has 0 fully saturated rings. The van der Waals surface area contributed by atoms with Crippen LogP contribution in [0, 0.1) is 0 Å². The number of carbonyl (C=O) groups is 2. The minimum absolute atomic E-state index is 0.147. The Kier molecular flexibility index (Phi) is 8.52. The molecule has 0 saturated heterocycles. The first-order valence-electron chi connectivity index (χ1n) is 9.86. The maximum atomic E-state index is 12.9. The van der Waals surface area contributed by atoms with Gasteiger partial charge in [0.25, 0.3) is 5.91 Å². The first-order valence-corrected chi connectivity index (χ1v) is 10.2. The first kappa shape index (κ1) is 22.8. The van der Waals surface area contributed by atoms with Crippen molar-refractivity contribution >= 4 is 23.4 Å². The summed E-state index contributed by atoms with van der Waals surface area (Å²) in [7, 11) is 0. The number of carbonyl (C=O) groups excluding carboxylic acids is 2. The molecule has 1 atom stereocenters. The molecule has 6 heteroatoms. The minimum Gasteiger partial charge on any atom is -0.484 e. The summed E-state index contributed by atoms with van der Waals surface area (Å²) in [6, 6.07) is 14.3. The fourth-order valence-corrected chi connectivity index (χ4v) is 3.13. The third-order valence-electron chi connectivity index (χ3n) is 4.67. The van der Waals surface area contributed by atoms with E-state index in [4.69, 9.17) is 16.3 Å². The summed E-state index contributed by atoms with van der Waals surface area (Å²) in [4.78, 5) is 26.8. The molecular formula is C23H29ClN2O3. The largest absolute Gasteiger partial charge is 0.484 e. The van der Waals surface area contributed by atoms with E-state index in [1.807, 2.05) is 43.3 Å². The normalized spacial score (nSPS) is 11.8. The molecule has 1 N–H and O–H groups in total. The fraction of sp³-hybridized carbons (Fsp3) is 0.391. The molecule has 0 aliphatic heterocycles. The molecule has 0 heterocycles. The maximum Gasteiger partial charge on any atom is 0.261 e. The molecule has 1 unspecified atom stereocenters. The molecule has 0 aliphatic carbocycles. The number of ether oxygens (including phenoxy) is 1. The lowest BCUT2D eigenvalue weighted by Gasteiger charge is -2.28. The molecule has 0 saturated carbocycles. The van der Waals surface area contributed by atoms with Crippen LogP contribution >= 0.6 is 11.6 Å². The van der Waals surface area contributed by atoms with Gasteiger partial charge >= 0.3 is 0 Å².